The lowest BCUT2D eigenvalue weighted by Gasteiger charge is -2.11. The molecule has 1 aromatic heterocycles. The molecule has 152 valence electrons. The first-order chi connectivity index (χ1) is 14.3. The van der Waals surface area contributed by atoms with Gasteiger partial charge in [-0.1, -0.05) is 29.8 Å². The maximum Gasteiger partial charge on any atom is 0.264 e. The van der Waals surface area contributed by atoms with Gasteiger partial charge in [0.05, 0.1) is 0 Å². The van der Waals surface area contributed by atoms with E-state index in [1.807, 2.05) is 17.5 Å². The Bertz CT molecular complexity index is 1310. The van der Waals surface area contributed by atoms with Gasteiger partial charge in [0.1, 0.15) is 21.5 Å². The quantitative estimate of drug-likeness (QED) is 0.383. The Balaban J connectivity index is 1.62. The minimum atomic E-state index is -4.29. The fourth-order valence-corrected chi connectivity index (χ4v) is 4.87. The summed E-state index contributed by atoms with van der Waals surface area (Å²) in [7, 11) is -4.29. The largest absolute Gasteiger partial charge is 0.280 e. The van der Waals surface area contributed by atoms with Gasteiger partial charge in [-0.15, -0.1) is 11.3 Å². The standard InChI is InChI=1S/C21H13ClF2N2O2S2/c22-18-7-3-14(21-25-9-10-29-21)11-17(18)13-1-5-16(6-2-13)26-30(27,28)20-12-15(23)4-8-19(20)24/h1-12,26H. The van der Waals surface area contributed by atoms with Crippen LogP contribution in [0.15, 0.2) is 77.1 Å². The molecule has 0 aliphatic rings. The predicted molar refractivity (Wildman–Crippen MR) is 115 cm³/mol. The normalized spacial score (nSPS) is 11.4. The van der Waals surface area contributed by atoms with E-state index in [1.54, 1.807) is 24.4 Å². The third-order valence-corrected chi connectivity index (χ3v) is 6.82. The second-order valence-electron chi connectivity index (χ2n) is 6.29. The minimum absolute atomic E-state index is 0.203. The van der Waals surface area contributed by atoms with Crippen molar-refractivity contribution in [2.75, 3.05) is 4.72 Å². The first-order valence-electron chi connectivity index (χ1n) is 8.61. The van der Waals surface area contributed by atoms with Crippen molar-refractivity contribution >= 4 is 38.6 Å². The third-order valence-electron chi connectivity index (χ3n) is 4.28. The first kappa shape index (κ1) is 20.5. The summed E-state index contributed by atoms with van der Waals surface area (Å²) in [6, 6.07) is 14.2. The summed E-state index contributed by atoms with van der Waals surface area (Å²) in [5.41, 5.74) is 2.64. The fraction of sp³-hybridized carbons (Fsp3) is 0. The van der Waals surface area contributed by atoms with E-state index in [-0.39, 0.29) is 5.69 Å². The maximum atomic E-state index is 13.8. The van der Waals surface area contributed by atoms with Crippen LogP contribution in [0.4, 0.5) is 14.5 Å². The molecule has 0 spiro atoms. The van der Waals surface area contributed by atoms with E-state index in [4.69, 9.17) is 11.6 Å². The van der Waals surface area contributed by atoms with Crippen molar-refractivity contribution in [2.24, 2.45) is 0 Å². The van der Waals surface area contributed by atoms with Gasteiger partial charge in [0.2, 0.25) is 0 Å². The predicted octanol–water partition coefficient (Wildman–Crippen LogP) is 6.21. The van der Waals surface area contributed by atoms with Crippen LogP contribution >= 0.6 is 22.9 Å². The van der Waals surface area contributed by atoms with Gasteiger partial charge in [-0.25, -0.2) is 22.2 Å². The van der Waals surface area contributed by atoms with Crippen LogP contribution in [0.2, 0.25) is 5.02 Å². The minimum Gasteiger partial charge on any atom is -0.280 e. The molecule has 0 bridgehead atoms. The van der Waals surface area contributed by atoms with Crippen molar-refractivity contribution in [3.05, 3.63) is 88.9 Å². The Morgan fingerprint density at radius 2 is 1.67 bits per heavy atom. The molecule has 0 amide bonds. The number of anilines is 1. The molecule has 0 aliphatic carbocycles. The maximum absolute atomic E-state index is 13.8. The van der Waals surface area contributed by atoms with E-state index in [1.165, 1.54) is 23.5 Å². The molecule has 4 aromatic rings. The van der Waals surface area contributed by atoms with Crippen LogP contribution in [0.3, 0.4) is 0 Å². The molecule has 0 aliphatic heterocycles. The van der Waals surface area contributed by atoms with Gasteiger partial charge in [0.15, 0.2) is 0 Å². The highest BCUT2D eigenvalue weighted by Crippen LogP contribution is 2.34. The number of benzene rings is 3. The lowest BCUT2D eigenvalue weighted by molar-refractivity contribution is 0.555. The zero-order chi connectivity index (χ0) is 21.3. The lowest BCUT2D eigenvalue weighted by Crippen LogP contribution is -2.14. The molecule has 4 nitrogen and oxygen atoms in total. The number of nitrogens with zero attached hydrogens (tertiary/aromatic N) is 1. The number of aromatic nitrogens is 1. The number of sulfonamides is 1. The second-order valence-corrected chi connectivity index (χ2v) is 9.24. The third kappa shape index (κ3) is 4.21. The molecule has 0 atom stereocenters. The molecular formula is C21H13ClF2N2O2S2. The van der Waals surface area contributed by atoms with E-state index in [9.17, 15) is 17.2 Å². The van der Waals surface area contributed by atoms with Crippen LogP contribution in [-0.4, -0.2) is 13.4 Å². The molecular weight excluding hydrogens is 450 g/mol. The van der Waals surface area contributed by atoms with E-state index in [0.717, 1.165) is 33.8 Å². The average molecular weight is 463 g/mol. The van der Waals surface area contributed by atoms with Gasteiger partial charge in [0, 0.05) is 33.4 Å². The number of hydrogen-bond acceptors (Lipinski definition) is 4. The Hall–Kier alpha value is -2.81. The van der Waals surface area contributed by atoms with E-state index < -0.39 is 26.6 Å². The van der Waals surface area contributed by atoms with Crippen molar-refractivity contribution in [3.63, 3.8) is 0 Å². The average Bonchev–Trinajstić information content (AvgIpc) is 3.25. The monoisotopic (exact) mass is 462 g/mol. The molecule has 30 heavy (non-hydrogen) atoms. The van der Waals surface area contributed by atoms with Crippen molar-refractivity contribution in [3.8, 4) is 21.7 Å². The molecule has 1 heterocycles. The zero-order valence-electron chi connectivity index (χ0n) is 15.1. The molecule has 9 heteroatoms. The van der Waals surface area contributed by atoms with E-state index in [2.05, 4.69) is 9.71 Å². The van der Waals surface area contributed by atoms with Crippen molar-refractivity contribution in [1.82, 2.24) is 4.98 Å². The molecule has 0 fully saturated rings. The van der Waals surface area contributed by atoms with E-state index in [0.29, 0.717) is 11.1 Å². The topological polar surface area (TPSA) is 59.1 Å². The molecule has 0 saturated carbocycles. The summed E-state index contributed by atoms with van der Waals surface area (Å²) < 4.78 is 54.3. The van der Waals surface area contributed by atoms with Crippen LogP contribution in [0, 0.1) is 11.6 Å². The zero-order valence-corrected chi connectivity index (χ0v) is 17.5. The highest BCUT2D eigenvalue weighted by Gasteiger charge is 2.20. The fourth-order valence-electron chi connectivity index (χ4n) is 2.86. The van der Waals surface area contributed by atoms with Crippen LogP contribution < -0.4 is 4.72 Å². The SMILES string of the molecule is O=S(=O)(Nc1ccc(-c2cc(-c3nccs3)ccc2Cl)cc1)c1cc(F)ccc1F. The van der Waals surface area contributed by atoms with Gasteiger partial charge in [-0.05, 0) is 48.0 Å². The summed E-state index contributed by atoms with van der Waals surface area (Å²) in [6.45, 7) is 0. The van der Waals surface area contributed by atoms with Crippen LogP contribution in [-0.2, 0) is 10.0 Å². The van der Waals surface area contributed by atoms with Crippen LogP contribution in [0.25, 0.3) is 21.7 Å². The highest BCUT2D eigenvalue weighted by molar-refractivity contribution is 7.92. The molecule has 3 aromatic carbocycles. The van der Waals surface area contributed by atoms with Gasteiger partial charge in [0.25, 0.3) is 10.0 Å². The lowest BCUT2D eigenvalue weighted by atomic mass is 10.0. The Morgan fingerprint density at radius 1 is 0.933 bits per heavy atom. The number of hydrogen-bond donors (Lipinski definition) is 1. The number of rotatable bonds is 5. The number of nitrogens with one attached hydrogen (secondary N) is 1. The molecule has 1 N–H and O–H groups in total. The number of halogens is 3. The second kappa shape index (κ2) is 8.14. The van der Waals surface area contributed by atoms with Gasteiger partial charge in [-0.2, -0.15) is 0 Å². The summed E-state index contributed by atoms with van der Waals surface area (Å²) in [4.78, 5) is 3.53. The van der Waals surface area contributed by atoms with E-state index >= 15 is 0 Å². The Morgan fingerprint density at radius 3 is 2.37 bits per heavy atom. The van der Waals surface area contributed by atoms with Crippen LogP contribution in [0.5, 0.6) is 0 Å². The smallest absolute Gasteiger partial charge is 0.264 e. The summed E-state index contributed by atoms with van der Waals surface area (Å²) in [5, 5.41) is 3.27. The Labute approximate surface area is 180 Å². The highest BCUT2D eigenvalue weighted by atomic mass is 35.5. The van der Waals surface area contributed by atoms with Gasteiger partial charge in [-0.3, -0.25) is 4.72 Å². The first-order valence-corrected chi connectivity index (χ1v) is 11.4. The molecule has 0 radical (unpaired) electrons. The van der Waals surface area contributed by atoms with Gasteiger partial charge >= 0.3 is 0 Å². The summed E-state index contributed by atoms with van der Waals surface area (Å²) >= 11 is 7.85. The number of thiazole rings is 1. The molecule has 0 unspecified atom stereocenters. The van der Waals surface area contributed by atoms with Gasteiger partial charge < -0.3 is 0 Å². The van der Waals surface area contributed by atoms with Crippen LogP contribution in [0.1, 0.15) is 0 Å². The Kier molecular flexibility index (Phi) is 5.55. The molecule has 0 saturated heterocycles. The van der Waals surface area contributed by atoms with Crippen molar-refractivity contribution in [1.29, 1.82) is 0 Å². The summed E-state index contributed by atoms with van der Waals surface area (Å²) in [5.74, 6) is -1.88. The van der Waals surface area contributed by atoms with Crippen molar-refractivity contribution in [2.45, 2.75) is 4.90 Å². The summed E-state index contributed by atoms with van der Waals surface area (Å²) in [6.07, 6.45) is 1.72. The molecule has 4 rings (SSSR count). The van der Waals surface area contributed by atoms with Crippen molar-refractivity contribution < 1.29 is 17.2 Å².